The fraction of sp³-hybridized carbons (Fsp3) is 0.417. The van der Waals surface area contributed by atoms with Gasteiger partial charge in [0.2, 0.25) is 5.91 Å². The summed E-state index contributed by atoms with van der Waals surface area (Å²) in [6.45, 7) is 2.45. The van der Waals surface area contributed by atoms with Crippen LogP contribution in [-0.4, -0.2) is 31.7 Å². The van der Waals surface area contributed by atoms with Crippen LogP contribution in [0.15, 0.2) is 30.3 Å². The summed E-state index contributed by atoms with van der Waals surface area (Å²) in [6.07, 6.45) is 0. The summed E-state index contributed by atoms with van der Waals surface area (Å²) >= 11 is 0. The van der Waals surface area contributed by atoms with Crippen LogP contribution in [0.4, 0.5) is 0 Å². The molecule has 1 amide bonds. The Balaban J connectivity index is 1.79. The van der Waals surface area contributed by atoms with Gasteiger partial charge in [0.1, 0.15) is 6.04 Å². The summed E-state index contributed by atoms with van der Waals surface area (Å²) in [5.41, 5.74) is 1.10. The second kappa shape index (κ2) is 5.63. The normalized spacial score (nSPS) is 20.4. The quantitative estimate of drug-likeness (QED) is 0.770. The molecule has 0 saturated carbocycles. The predicted octanol–water partition coefficient (Wildman–Crippen LogP) is 0.291. The monoisotopic (exact) mass is 220 g/mol. The molecule has 0 bridgehead atoms. The lowest BCUT2D eigenvalue weighted by Gasteiger charge is -2.22. The van der Waals surface area contributed by atoms with Crippen molar-refractivity contribution in [1.29, 1.82) is 0 Å². The molecular weight excluding hydrogens is 204 g/mol. The van der Waals surface area contributed by atoms with Gasteiger partial charge >= 0.3 is 0 Å². The van der Waals surface area contributed by atoms with Crippen LogP contribution in [0.2, 0.25) is 0 Å². The average Bonchev–Trinajstić information content (AvgIpc) is 2.38. The van der Waals surface area contributed by atoms with Crippen molar-refractivity contribution in [1.82, 2.24) is 10.6 Å². The first-order valence-corrected chi connectivity index (χ1v) is 5.49. The van der Waals surface area contributed by atoms with Gasteiger partial charge < -0.3 is 15.4 Å². The van der Waals surface area contributed by atoms with Gasteiger partial charge in [-0.25, -0.2) is 0 Å². The van der Waals surface area contributed by atoms with E-state index in [4.69, 9.17) is 4.74 Å². The Morgan fingerprint density at radius 1 is 1.44 bits per heavy atom. The van der Waals surface area contributed by atoms with Gasteiger partial charge in [0.15, 0.2) is 0 Å². The highest BCUT2D eigenvalue weighted by atomic mass is 16.5. The molecule has 86 valence electrons. The summed E-state index contributed by atoms with van der Waals surface area (Å²) in [5.74, 6) is 0.00329. The lowest BCUT2D eigenvalue weighted by Crippen LogP contribution is -2.51. The summed E-state index contributed by atoms with van der Waals surface area (Å²) in [7, 11) is 0. The van der Waals surface area contributed by atoms with Crippen LogP contribution in [-0.2, 0) is 16.1 Å². The van der Waals surface area contributed by atoms with Crippen LogP contribution in [0.1, 0.15) is 5.56 Å². The van der Waals surface area contributed by atoms with Gasteiger partial charge in [0, 0.05) is 13.1 Å². The van der Waals surface area contributed by atoms with Crippen molar-refractivity contribution in [2.75, 3.05) is 19.8 Å². The van der Waals surface area contributed by atoms with Gasteiger partial charge in [-0.15, -0.1) is 0 Å². The number of benzene rings is 1. The SMILES string of the molecule is O=C(NCc1ccccc1)C1COCCN1. The van der Waals surface area contributed by atoms with E-state index < -0.39 is 0 Å². The largest absolute Gasteiger partial charge is 0.378 e. The molecule has 1 saturated heterocycles. The second-order valence-corrected chi connectivity index (χ2v) is 3.79. The minimum atomic E-state index is -0.211. The molecule has 1 aliphatic heterocycles. The van der Waals surface area contributed by atoms with Crippen molar-refractivity contribution in [3.8, 4) is 0 Å². The van der Waals surface area contributed by atoms with E-state index in [0.717, 1.165) is 12.1 Å². The first-order chi connectivity index (χ1) is 7.86. The molecule has 0 aromatic heterocycles. The molecule has 2 N–H and O–H groups in total. The third-order valence-electron chi connectivity index (χ3n) is 2.55. The molecule has 1 heterocycles. The van der Waals surface area contributed by atoms with Crippen molar-refractivity contribution in [2.45, 2.75) is 12.6 Å². The summed E-state index contributed by atoms with van der Waals surface area (Å²) in [4.78, 5) is 11.7. The zero-order valence-electron chi connectivity index (χ0n) is 9.11. The van der Waals surface area contributed by atoms with Crippen LogP contribution in [0, 0.1) is 0 Å². The van der Waals surface area contributed by atoms with E-state index in [1.54, 1.807) is 0 Å². The molecule has 1 unspecified atom stereocenters. The first kappa shape index (κ1) is 11.1. The highest BCUT2D eigenvalue weighted by Gasteiger charge is 2.20. The van der Waals surface area contributed by atoms with Crippen molar-refractivity contribution in [3.05, 3.63) is 35.9 Å². The maximum Gasteiger partial charge on any atom is 0.239 e. The van der Waals surface area contributed by atoms with E-state index in [0.29, 0.717) is 19.8 Å². The standard InChI is InChI=1S/C12H16N2O2/c15-12(11-9-16-7-6-13-11)14-8-10-4-2-1-3-5-10/h1-5,11,13H,6-9H2,(H,14,15). The Kier molecular flexibility index (Phi) is 3.91. The topological polar surface area (TPSA) is 50.4 Å². The average molecular weight is 220 g/mol. The molecule has 16 heavy (non-hydrogen) atoms. The van der Waals surface area contributed by atoms with E-state index in [1.807, 2.05) is 30.3 Å². The lowest BCUT2D eigenvalue weighted by atomic mass is 10.2. The van der Waals surface area contributed by atoms with Crippen LogP contribution in [0.25, 0.3) is 0 Å². The highest BCUT2D eigenvalue weighted by molar-refractivity contribution is 5.81. The van der Waals surface area contributed by atoms with Crippen molar-refractivity contribution in [2.24, 2.45) is 0 Å². The molecule has 0 aliphatic carbocycles. The minimum absolute atomic E-state index is 0.00329. The van der Waals surface area contributed by atoms with Crippen LogP contribution < -0.4 is 10.6 Å². The van der Waals surface area contributed by atoms with Gasteiger partial charge in [0.25, 0.3) is 0 Å². The number of carbonyl (C=O) groups is 1. The number of ether oxygens (including phenoxy) is 1. The maximum absolute atomic E-state index is 11.7. The number of amides is 1. The Labute approximate surface area is 95.0 Å². The molecule has 1 aliphatic rings. The predicted molar refractivity (Wildman–Crippen MR) is 60.9 cm³/mol. The van der Waals surface area contributed by atoms with Gasteiger partial charge in [-0.2, -0.15) is 0 Å². The molecule has 1 aromatic carbocycles. The number of morpholine rings is 1. The van der Waals surface area contributed by atoms with E-state index in [-0.39, 0.29) is 11.9 Å². The van der Waals surface area contributed by atoms with Crippen molar-refractivity contribution >= 4 is 5.91 Å². The van der Waals surface area contributed by atoms with E-state index in [2.05, 4.69) is 10.6 Å². The number of carbonyl (C=O) groups excluding carboxylic acids is 1. The Morgan fingerprint density at radius 2 is 2.25 bits per heavy atom. The highest BCUT2D eigenvalue weighted by Crippen LogP contribution is 1.98. The molecule has 0 spiro atoms. The third-order valence-corrected chi connectivity index (χ3v) is 2.55. The summed E-state index contributed by atoms with van der Waals surface area (Å²) in [6, 6.07) is 9.66. The van der Waals surface area contributed by atoms with Crippen molar-refractivity contribution in [3.63, 3.8) is 0 Å². The minimum Gasteiger partial charge on any atom is -0.378 e. The molecule has 1 aromatic rings. The molecular formula is C12H16N2O2. The zero-order valence-corrected chi connectivity index (χ0v) is 9.11. The van der Waals surface area contributed by atoms with Crippen LogP contribution in [0.5, 0.6) is 0 Å². The van der Waals surface area contributed by atoms with Gasteiger partial charge in [-0.1, -0.05) is 30.3 Å². The van der Waals surface area contributed by atoms with Crippen molar-refractivity contribution < 1.29 is 9.53 Å². The molecule has 0 radical (unpaired) electrons. The summed E-state index contributed by atoms with van der Waals surface area (Å²) < 4.78 is 5.23. The Hall–Kier alpha value is -1.39. The van der Waals surface area contributed by atoms with Gasteiger partial charge in [-0.05, 0) is 5.56 Å². The molecule has 2 rings (SSSR count). The number of hydrogen-bond donors (Lipinski definition) is 2. The molecule has 1 fully saturated rings. The fourth-order valence-electron chi connectivity index (χ4n) is 1.64. The van der Waals surface area contributed by atoms with E-state index in [1.165, 1.54) is 0 Å². The lowest BCUT2D eigenvalue weighted by molar-refractivity contribution is -0.126. The summed E-state index contributed by atoms with van der Waals surface area (Å²) in [5, 5.41) is 6.01. The van der Waals surface area contributed by atoms with Crippen LogP contribution in [0.3, 0.4) is 0 Å². The molecule has 4 nitrogen and oxygen atoms in total. The second-order valence-electron chi connectivity index (χ2n) is 3.79. The number of rotatable bonds is 3. The Morgan fingerprint density at radius 3 is 2.94 bits per heavy atom. The zero-order chi connectivity index (χ0) is 11.2. The maximum atomic E-state index is 11.7. The molecule has 4 heteroatoms. The van der Waals surface area contributed by atoms with E-state index in [9.17, 15) is 4.79 Å². The van der Waals surface area contributed by atoms with Gasteiger partial charge in [0.05, 0.1) is 13.2 Å². The van der Waals surface area contributed by atoms with Crippen LogP contribution >= 0.6 is 0 Å². The number of nitrogens with one attached hydrogen (secondary N) is 2. The first-order valence-electron chi connectivity index (χ1n) is 5.49. The Bertz CT molecular complexity index is 334. The van der Waals surface area contributed by atoms with Gasteiger partial charge in [-0.3, -0.25) is 4.79 Å². The third kappa shape index (κ3) is 3.05. The fourth-order valence-corrected chi connectivity index (χ4v) is 1.64. The smallest absolute Gasteiger partial charge is 0.239 e. The number of hydrogen-bond acceptors (Lipinski definition) is 3. The van der Waals surface area contributed by atoms with E-state index >= 15 is 0 Å². The molecule has 1 atom stereocenters.